The Hall–Kier alpha value is -1.10. The number of aliphatic hydroxyl groups excluding tert-OH is 1. The number of hydrogen-bond donors (Lipinski definition) is 3. The summed E-state index contributed by atoms with van der Waals surface area (Å²) in [6, 6.07) is 7.48. The average Bonchev–Trinajstić information content (AvgIpc) is 2.41. The molecule has 1 aromatic rings. The number of hydrogen-bond acceptors (Lipinski definition) is 4. The predicted molar refractivity (Wildman–Crippen MR) is 83.1 cm³/mol. The molecule has 0 aromatic heterocycles. The van der Waals surface area contributed by atoms with Crippen LogP contribution in [0.4, 0.5) is 0 Å². The molecule has 0 aliphatic heterocycles. The minimum absolute atomic E-state index is 0.0352. The van der Waals surface area contributed by atoms with E-state index < -0.39 is 11.7 Å². The highest BCUT2D eigenvalue weighted by atomic mass is 16.5. The van der Waals surface area contributed by atoms with Gasteiger partial charge in [-0.1, -0.05) is 12.1 Å². The fourth-order valence-corrected chi connectivity index (χ4v) is 3.41. The van der Waals surface area contributed by atoms with Crippen molar-refractivity contribution in [3.05, 3.63) is 29.8 Å². The van der Waals surface area contributed by atoms with E-state index >= 15 is 0 Å². The summed E-state index contributed by atoms with van der Waals surface area (Å²) >= 11 is 0. The van der Waals surface area contributed by atoms with Crippen LogP contribution in [0.1, 0.15) is 45.1 Å². The van der Waals surface area contributed by atoms with Crippen molar-refractivity contribution < 1.29 is 14.9 Å². The second-order valence-corrected chi connectivity index (χ2v) is 6.98. The maximum atomic E-state index is 11.3. The Morgan fingerprint density at radius 2 is 2.10 bits per heavy atom. The van der Waals surface area contributed by atoms with Gasteiger partial charge in [0.2, 0.25) is 0 Å². The Labute approximate surface area is 126 Å². The third-order valence-corrected chi connectivity index (χ3v) is 4.41. The Morgan fingerprint density at radius 1 is 1.38 bits per heavy atom. The van der Waals surface area contributed by atoms with Crippen LogP contribution in [0, 0.1) is 5.92 Å². The number of ether oxygens (including phenoxy) is 1. The van der Waals surface area contributed by atoms with Crippen LogP contribution in [0.3, 0.4) is 0 Å². The molecule has 3 unspecified atom stereocenters. The molecular formula is C17H27NO3. The van der Waals surface area contributed by atoms with Gasteiger partial charge in [-0.05, 0) is 56.7 Å². The van der Waals surface area contributed by atoms with Crippen molar-refractivity contribution >= 4 is 0 Å². The second-order valence-electron chi connectivity index (χ2n) is 6.98. The lowest BCUT2D eigenvalue weighted by atomic mass is 9.67. The van der Waals surface area contributed by atoms with E-state index in [1.807, 2.05) is 38.1 Å². The minimum Gasteiger partial charge on any atom is -0.497 e. The average molecular weight is 293 g/mol. The fraction of sp³-hybridized carbons (Fsp3) is 0.647. The van der Waals surface area contributed by atoms with Gasteiger partial charge >= 0.3 is 0 Å². The minimum atomic E-state index is -1.05. The van der Waals surface area contributed by atoms with Crippen LogP contribution >= 0.6 is 0 Å². The maximum Gasteiger partial charge on any atom is 0.119 e. The highest BCUT2D eigenvalue weighted by molar-refractivity contribution is 5.33. The molecule has 0 spiro atoms. The summed E-state index contributed by atoms with van der Waals surface area (Å²) in [5, 5.41) is 21.3. The van der Waals surface area contributed by atoms with Crippen molar-refractivity contribution in [1.29, 1.82) is 0 Å². The van der Waals surface area contributed by atoms with Crippen molar-refractivity contribution in [3.63, 3.8) is 0 Å². The van der Waals surface area contributed by atoms with Crippen molar-refractivity contribution in [2.75, 3.05) is 7.11 Å². The smallest absolute Gasteiger partial charge is 0.119 e. The van der Waals surface area contributed by atoms with Gasteiger partial charge in [0, 0.05) is 12.0 Å². The molecule has 4 heteroatoms. The Balaban J connectivity index is 2.36. The van der Waals surface area contributed by atoms with Crippen LogP contribution in [-0.4, -0.2) is 29.0 Å². The van der Waals surface area contributed by atoms with Gasteiger partial charge in [0.1, 0.15) is 5.75 Å². The Morgan fingerprint density at radius 3 is 2.71 bits per heavy atom. The summed E-state index contributed by atoms with van der Waals surface area (Å²) in [5.41, 5.74) is 5.56. The molecule has 1 aromatic carbocycles. The molecule has 118 valence electrons. The van der Waals surface area contributed by atoms with E-state index in [2.05, 4.69) is 0 Å². The third kappa shape index (κ3) is 3.76. The summed E-state index contributed by atoms with van der Waals surface area (Å²) < 4.78 is 5.26. The van der Waals surface area contributed by atoms with Crippen molar-refractivity contribution in [2.24, 2.45) is 11.7 Å². The van der Waals surface area contributed by atoms with Gasteiger partial charge in [-0.15, -0.1) is 0 Å². The van der Waals surface area contributed by atoms with Gasteiger partial charge in [-0.25, -0.2) is 0 Å². The summed E-state index contributed by atoms with van der Waals surface area (Å²) in [5.74, 6) is 0.750. The molecule has 3 atom stereocenters. The van der Waals surface area contributed by atoms with E-state index in [0.29, 0.717) is 25.0 Å². The van der Waals surface area contributed by atoms with E-state index in [4.69, 9.17) is 10.5 Å². The van der Waals surface area contributed by atoms with Gasteiger partial charge in [0.15, 0.2) is 0 Å². The fourth-order valence-electron chi connectivity index (χ4n) is 3.41. The van der Waals surface area contributed by atoms with E-state index in [0.717, 1.165) is 12.0 Å². The molecule has 0 bridgehead atoms. The van der Waals surface area contributed by atoms with Crippen LogP contribution in [0.15, 0.2) is 24.3 Å². The van der Waals surface area contributed by atoms with Crippen LogP contribution < -0.4 is 10.5 Å². The Bertz CT molecular complexity index is 483. The monoisotopic (exact) mass is 293 g/mol. The number of aliphatic hydroxyl groups is 2. The first-order chi connectivity index (χ1) is 9.74. The first kappa shape index (κ1) is 16.3. The molecule has 1 aliphatic rings. The van der Waals surface area contributed by atoms with Crippen molar-refractivity contribution in [3.8, 4) is 5.75 Å². The maximum absolute atomic E-state index is 11.3. The van der Waals surface area contributed by atoms with E-state index in [-0.39, 0.29) is 11.5 Å². The van der Waals surface area contributed by atoms with Gasteiger partial charge in [-0.2, -0.15) is 0 Å². The number of benzene rings is 1. The number of nitrogens with two attached hydrogens (primary N) is 1. The molecule has 2 rings (SSSR count). The standard InChI is InChI=1S/C17H27NO3/c1-16(2,18)10-13-7-8-14(19)11-17(13,20)12-5-4-6-15(9-12)21-3/h4-6,9,13-14,19-20H,7-8,10-11,18H2,1-3H3. The molecule has 1 fully saturated rings. The molecular weight excluding hydrogens is 266 g/mol. The molecule has 1 saturated carbocycles. The van der Waals surface area contributed by atoms with E-state index in [1.54, 1.807) is 7.11 Å². The zero-order chi connectivity index (χ0) is 15.7. The highest BCUT2D eigenvalue weighted by Gasteiger charge is 2.44. The number of rotatable bonds is 4. The predicted octanol–water partition coefficient (Wildman–Crippen LogP) is 2.17. The molecule has 0 radical (unpaired) electrons. The second kappa shape index (κ2) is 5.95. The highest BCUT2D eigenvalue weighted by Crippen LogP contribution is 2.45. The lowest BCUT2D eigenvalue weighted by molar-refractivity contribution is -0.101. The normalized spacial score (nSPS) is 30.2. The van der Waals surface area contributed by atoms with Gasteiger partial charge < -0.3 is 20.7 Å². The largest absolute Gasteiger partial charge is 0.497 e. The quantitative estimate of drug-likeness (QED) is 0.795. The SMILES string of the molecule is COc1cccc(C2(O)CC(O)CCC2CC(C)(C)N)c1. The zero-order valence-electron chi connectivity index (χ0n) is 13.2. The van der Waals surface area contributed by atoms with Crippen LogP contribution in [0.25, 0.3) is 0 Å². The molecule has 21 heavy (non-hydrogen) atoms. The summed E-state index contributed by atoms with van der Waals surface area (Å²) in [7, 11) is 1.61. The zero-order valence-corrected chi connectivity index (χ0v) is 13.2. The molecule has 0 heterocycles. The lowest BCUT2D eigenvalue weighted by Gasteiger charge is -2.44. The molecule has 4 N–H and O–H groups in total. The van der Waals surface area contributed by atoms with Crippen LogP contribution in [0.5, 0.6) is 5.75 Å². The van der Waals surface area contributed by atoms with Crippen LogP contribution in [0.2, 0.25) is 0 Å². The topological polar surface area (TPSA) is 75.7 Å². The van der Waals surface area contributed by atoms with Gasteiger partial charge in [-0.3, -0.25) is 0 Å². The van der Waals surface area contributed by atoms with Crippen molar-refractivity contribution in [2.45, 2.75) is 56.8 Å². The summed E-state index contributed by atoms with van der Waals surface area (Å²) in [4.78, 5) is 0. The molecule has 4 nitrogen and oxygen atoms in total. The van der Waals surface area contributed by atoms with Crippen LogP contribution in [-0.2, 0) is 5.60 Å². The molecule has 0 saturated heterocycles. The molecule has 0 amide bonds. The number of methoxy groups -OCH3 is 1. The summed E-state index contributed by atoms with van der Waals surface area (Å²) in [6.07, 6.45) is 2.08. The summed E-state index contributed by atoms with van der Waals surface area (Å²) in [6.45, 7) is 3.95. The molecule has 1 aliphatic carbocycles. The van der Waals surface area contributed by atoms with Gasteiger partial charge in [0.05, 0.1) is 18.8 Å². The van der Waals surface area contributed by atoms with Gasteiger partial charge in [0.25, 0.3) is 0 Å². The lowest BCUT2D eigenvalue weighted by Crippen LogP contribution is -2.47. The Kier molecular flexibility index (Phi) is 4.61. The van der Waals surface area contributed by atoms with Crippen molar-refractivity contribution in [1.82, 2.24) is 0 Å². The van der Waals surface area contributed by atoms with E-state index in [9.17, 15) is 10.2 Å². The first-order valence-electron chi connectivity index (χ1n) is 7.58. The third-order valence-electron chi connectivity index (χ3n) is 4.41. The van der Waals surface area contributed by atoms with E-state index in [1.165, 1.54) is 0 Å². The first-order valence-corrected chi connectivity index (χ1v) is 7.58.